The van der Waals surface area contributed by atoms with E-state index < -0.39 is 5.91 Å². The lowest BCUT2D eigenvalue weighted by molar-refractivity contribution is 0.0924. The fraction of sp³-hybridized carbons (Fsp3) is 0.0833. The number of benzene rings is 2. The molecule has 33 heavy (non-hydrogen) atoms. The average molecular weight is 462 g/mol. The van der Waals surface area contributed by atoms with Crippen LogP contribution in [0.1, 0.15) is 39.2 Å². The molecule has 2 aromatic carbocycles. The number of nitrogens with zero attached hydrogens (tertiary/aromatic N) is 3. The molecule has 2 heterocycles. The highest BCUT2D eigenvalue weighted by Crippen LogP contribution is 2.15. The van der Waals surface area contributed by atoms with E-state index in [1.807, 2.05) is 12.3 Å². The number of halogens is 1. The van der Waals surface area contributed by atoms with E-state index in [9.17, 15) is 9.59 Å². The van der Waals surface area contributed by atoms with Gasteiger partial charge in [-0.1, -0.05) is 29.8 Å². The Balaban J connectivity index is 1.34. The van der Waals surface area contributed by atoms with Crippen LogP contribution in [-0.2, 0) is 6.54 Å². The summed E-state index contributed by atoms with van der Waals surface area (Å²) in [5.74, 6) is 0.0625. The molecule has 0 aliphatic rings. The molecule has 8 nitrogen and oxygen atoms in total. The lowest BCUT2D eigenvalue weighted by atomic mass is 10.1. The zero-order valence-corrected chi connectivity index (χ0v) is 18.4. The van der Waals surface area contributed by atoms with Crippen molar-refractivity contribution in [3.63, 3.8) is 0 Å². The Morgan fingerprint density at radius 2 is 1.85 bits per heavy atom. The summed E-state index contributed by atoms with van der Waals surface area (Å²) in [7, 11) is 0. The van der Waals surface area contributed by atoms with E-state index in [1.165, 1.54) is 0 Å². The summed E-state index contributed by atoms with van der Waals surface area (Å²) in [5.41, 5.74) is 4.97. The van der Waals surface area contributed by atoms with Crippen LogP contribution in [0, 0.1) is 0 Å². The molecule has 4 aromatic rings. The smallest absolute Gasteiger partial charge is 0.307 e. The molecule has 2 amide bonds. The van der Waals surface area contributed by atoms with Crippen LogP contribution >= 0.6 is 11.6 Å². The second-order valence-corrected chi connectivity index (χ2v) is 7.59. The molecule has 0 radical (unpaired) electrons. The zero-order valence-electron chi connectivity index (χ0n) is 17.7. The summed E-state index contributed by atoms with van der Waals surface area (Å²) in [6.07, 6.45) is 3.48. The maximum Gasteiger partial charge on any atom is 0.307 e. The maximum atomic E-state index is 12.3. The minimum atomic E-state index is -0.452. The Morgan fingerprint density at radius 3 is 2.58 bits per heavy atom. The summed E-state index contributed by atoms with van der Waals surface area (Å²) in [6, 6.07) is 19.0. The maximum absolute atomic E-state index is 12.3. The minimum absolute atomic E-state index is 0.160. The van der Waals surface area contributed by atoms with Gasteiger partial charge in [-0.15, -0.1) is 0 Å². The van der Waals surface area contributed by atoms with Gasteiger partial charge in [0.05, 0.1) is 12.3 Å². The molecule has 0 fully saturated rings. The molecule has 0 spiro atoms. The molecule has 0 saturated carbocycles. The SMILES string of the molecule is C/C(=N/NC(=O)c1ccc(Cn2cccn2)o1)c1ccc(NC(=O)c2cccc(Cl)c2)cc1. The van der Waals surface area contributed by atoms with Crippen LogP contribution in [0.5, 0.6) is 0 Å². The van der Waals surface area contributed by atoms with Gasteiger partial charge >= 0.3 is 5.91 Å². The van der Waals surface area contributed by atoms with Crippen molar-refractivity contribution in [3.05, 3.63) is 107 Å². The number of amides is 2. The Morgan fingerprint density at radius 1 is 1.03 bits per heavy atom. The second kappa shape index (κ2) is 9.97. The van der Waals surface area contributed by atoms with E-state index in [-0.39, 0.29) is 11.7 Å². The third-order valence-electron chi connectivity index (χ3n) is 4.73. The van der Waals surface area contributed by atoms with Gasteiger partial charge in [-0.3, -0.25) is 14.3 Å². The predicted octanol–water partition coefficient (Wildman–Crippen LogP) is 4.58. The van der Waals surface area contributed by atoms with E-state index in [0.717, 1.165) is 5.56 Å². The van der Waals surface area contributed by atoms with Gasteiger partial charge in [-0.2, -0.15) is 10.2 Å². The first-order chi connectivity index (χ1) is 16.0. The van der Waals surface area contributed by atoms with Gasteiger partial charge in [0.1, 0.15) is 5.76 Å². The molecule has 0 unspecified atom stereocenters. The molecular formula is C24H20ClN5O3. The number of nitrogens with one attached hydrogen (secondary N) is 2. The summed E-state index contributed by atoms with van der Waals surface area (Å²) in [6.45, 7) is 2.20. The summed E-state index contributed by atoms with van der Waals surface area (Å²) in [4.78, 5) is 24.7. The van der Waals surface area contributed by atoms with Crippen molar-refractivity contribution in [2.24, 2.45) is 5.10 Å². The van der Waals surface area contributed by atoms with Crippen molar-refractivity contribution in [1.29, 1.82) is 0 Å². The van der Waals surface area contributed by atoms with Crippen LogP contribution in [0.4, 0.5) is 5.69 Å². The molecule has 0 bridgehead atoms. The highest BCUT2D eigenvalue weighted by molar-refractivity contribution is 6.31. The number of furan rings is 1. The molecule has 0 aliphatic heterocycles. The minimum Gasteiger partial charge on any atom is -0.454 e. The van der Waals surface area contributed by atoms with Crippen LogP contribution in [-0.4, -0.2) is 27.3 Å². The zero-order chi connectivity index (χ0) is 23.2. The van der Waals surface area contributed by atoms with Crippen molar-refractivity contribution in [2.45, 2.75) is 13.5 Å². The van der Waals surface area contributed by atoms with Crippen LogP contribution in [0.15, 0.2) is 88.6 Å². The van der Waals surface area contributed by atoms with Crippen LogP contribution in [0.3, 0.4) is 0 Å². The molecule has 2 N–H and O–H groups in total. The first kappa shape index (κ1) is 22.0. The average Bonchev–Trinajstić information content (AvgIpc) is 3.50. The van der Waals surface area contributed by atoms with Gasteiger partial charge < -0.3 is 9.73 Å². The van der Waals surface area contributed by atoms with E-state index in [1.54, 1.807) is 78.5 Å². The molecular weight excluding hydrogens is 442 g/mol. The fourth-order valence-corrected chi connectivity index (χ4v) is 3.21. The highest BCUT2D eigenvalue weighted by atomic mass is 35.5. The van der Waals surface area contributed by atoms with Gasteiger partial charge in [0.25, 0.3) is 5.91 Å². The Bertz CT molecular complexity index is 1290. The number of aromatic nitrogens is 2. The molecule has 4 rings (SSSR count). The number of hydrogen-bond acceptors (Lipinski definition) is 5. The third-order valence-corrected chi connectivity index (χ3v) is 4.97. The van der Waals surface area contributed by atoms with E-state index in [2.05, 4.69) is 20.9 Å². The van der Waals surface area contributed by atoms with Gasteiger partial charge in [-0.05, 0) is 61.0 Å². The first-order valence-electron chi connectivity index (χ1n) is 10.1. The van der Waals surface area contributed by atoms with Gasteiger partial charge in [0.2, 0.25) is 0 Å². The molecule has 0 saturated heterocycles. The van der Waals surface area contributed by atoms with Crippen LogP contribution < -0.4 is 10.7 Å². The number of hydrogen-bond donors (Lipinski definition) is 2. The number of carbonyl (C=O) groups excluding carboxylic acids is 2. The van der Waals surface area contributed by atoms with Crippen LogP contribution in [0.2, 0.25) is 5.02 Å². The molecule has 166 valence electrons. The standard InChI is InChI=1S/C24H20ClN5O3/c1-16(28-29-24(32)22-11-10-21(33-22)15-30-13-3-12-26-30)17-6-8-20(9-7-17)27-23(31)18-4-2-5-19(25)14-18/h2-14H,15H2,1H3,(H,27,31)(H,29,32)/b28-16-. The topological polar surface area (TPSA) is 102 Å². The van der Waals surface area contributed by atoms with Crippen molar-refractivity contribution in [1.82, 2.24) is 15.2 Å². The summed E-state index contributed by atoms with van der Waals surface area (Å²) < 4.78 is 7.26. The van der Waals surface area contributed by atoms with Crippen molar-refractivity contribution < 1.29 is 14.0 Å². The quantitative estimate of drug-likeness (QED) is 0.310. The monoisotopic (exact) mass is 461 g/mol. The number of carbonyl (C=O) groups is 2. The van der Waals surface area contributed by atoms with Crippen molar-refractivity contribution >= 4 is 34.8 Å². The highest BCUT2D eigenvalue weighted by Gasteiger charge is 2.12. The van der Waals surface area contributed by atoms with Gasteiger partial charge in [0.15, 0.2) is 5.76 Å². The number of hydrazone groups is 1. The van der Waals surface area contributed by atoms with Crippen molar-refractivity contribution in [2.75, 3.05) is 5.32 Å². The van der Waals surface area contributed by atoms with Crippen LogP contribution in [0.25, 0.3) is 0 Å². The number of rotatable bonds is 7. The Labute approximate surface area is 194 Å². The second-order valence-electron chi connectivity index (χ2n) is 7.15. The first-order valence-corrected chi connectivity index (χ1v) is 10.4. The van der Waals surface area contributed by atoms with E-state index >= 15 is 0 Å². The summed E-state index contributed by atoms with van der Waals surface area (Å²) >= 11 is 5.94. The van der Waals surface area contributed by atoms with E-state index in [4.69, 9.17) is 16.0 Å². The molecule has 2 aromatic heterocycles. The number of anilines is 1. The normalized spacial score (nSPS) is 11.3. The summed E-state index contributed by atoms with van der Waals surface area (Å²) in [5, 5.41) is 11.6. The largest absolute Gasteiger partial charge is 0.454 e. The van der Waals surface area contributed by atoms with Crippen molar-refractivity contribution in [3.8, 4) is 0 Å². The van der Waals surface area contributed by atoms with E-state index in [0.29, 0.717) is 34.3 Å². The fourth-order valence-electron chi connectivity index (χ4n) is 3.02. The Kier molecular flexibility index (Phi) is 6.66. The molecule has 9 heteroatoms. The molecule has 0 aliphatic carbocycles. The predicted molar refractivity (Wildman–Crippen MR) is 126 cm³/mol. The lowest BCUT2D eigenvalue weighted by Gasteiger charge is -2.07. The lowest BCUT2D eigenvalue weighted by Crippen LogP contribution is -2.18. The van der Waals surface area contributed by atoms with Gasteiger partial charge in [-0.25, -0.2) is 5.43 Å². The third kappa shape index (κ3) is 5.75. The Hall–Kier alpha value is -4.17. The van der Waals surface area contributed by atoms with Gasteiger partial charge in [0, 0.05) is 28.7 Å². The molecule has 0 atom stereocenters.